The molecule has 4 heteroatoms. The Morgan fingerprint density at radius 2 is 1.90 bits per heavy atom. The van der Waals surface area contributed by atoms with E-state index >= 15 is 0 Å². The molecule has 0 aliphatic heterocycles. The average Bonchev–Trinajstić information content (AvgIpc) is 2.76. The number of allylic oxidation sites excluding steroid dienone is 1. The van der Waals surface area contributed by atoms with Crippen molar-refractivity contribution in [2.75, 3.05) is 7.11 Å². The number of methoxy groups -OCH3 is 1. The lowest BCUT2D eigenvalue weighted by Gasteiger charge is -2.18. The van der Waals surface area contributed by atoms with Crippen LogP contribution in [0.4, 0.5) is 0 Å². The van der Waals surface area contributed by atoms with Gasteiger partial charge in [-0.05, 0) is 60.1 Å². The maximum Gasteiger partial charge on any atom is 0.305 e. The van der Waals surface area contributed by atoms with Crippen LogP contribution < -0.4 is 5.73 Å². The van der Waals surface area contributed by atoms with E-state index in [0.717, 1.165) is 39.7 Å². The van der Waals surface area contributed by atoms with Gasteiger partial charge >= 0.3 is 5.97 Å². The summed E-state index contributed by atoms with van der Waals surface area (Å²) in [6.07, 6.45) is 5.98. The summed E-state index contributed by atoms with van der Waals surface area (Å²) in [5, 5.41) is 1.10. The molecular formula is C27H32N2O2. The molecule has 0 spiro atoms. The molecule has 0 saturated carbocycles. The van der Waals surface area contributed by atoms with Gasteiger partial charge in [-0.15, -0.1) is 0 Å². The smallest absolute Gasteiger partial charge is 0.305 e. The van der Waals surface area contributed by atoms with Crippen LogP contribution in [-0.2, 0) is 22.5 Å². The second-order valence-corrected chi connectivity index (χ2v) is 8.37. The van der Waals surface area contributed by atoms with Crippen LogP contribution in [0.2, 0.25) is 0 Å². The number of rotatable bonds is 8. The van der Waals surface area contributed by atoms with Gasteiger partial charge in [-0.2, -0.15) is 0 Å². The average molecular weight is 417 g/mol. The van der Waals surface area contributed by atoms with Gasteiger partial charge in [0.05, 0.1) is 12.6 Å². The molecule has 0 aliphatic rings. The predicted octanol–water partition coefficient (Wildman–Crippen LogP) is 5.83. The molecule has 1 aromatic heterocycles. The molecule has 0 bridgehead atoms. The third kappa shape index (κ3) is 5.59. The maximum atomic E-state index is 11.3. The number of hydrogen-bond donors (Lipinski definition) is 1. The van der Waals surface area contributed by atoms with Gasteiger partial charge in [0.2, 0.25) is 0 Å². The van der Waals surface area contributed by atoms with Gasteiger partial charge in [0.25, 0.3) is 0 Å². The van der Waals surface area contributed by atoms with Gasteiger partial charge in [0.1, 0.15) is 0 Å². The molecule has 3 aromatic rings. The molecule has 31 heavy (non-hydrogen) atoms. The molecule has 0 radical (unpaired) electrons. The molecule has 3 rings (SSSR count). The number of aromatic nitrogens is 1. The lowest BCUT2D eigenvalue weighted by molar-refractivity contribution is -0.140. The number of hydrogen-bond acceptors (Lipinski definition) is 4. The molecule has 0 unspecified atom stereocenters. The Bertz CT molecular complexity index is 1080. The highest BCUT2D eigenvalue weighted by molar-refractivity contribution is 5.97. The van der Waals surface area contributed by atoms with Gasteiger partial charge in [-0.25, -0.2) is 0 Å². The summed E-state index contributed by atoms with van der Waals surface area (Å²) in [5.41, 5.74) is 14.1. The second-order valence-electron chi connectivity index (χ2n) is 8.37. The number of benzene rings is 2. The van der Waals surface area contributed by atoms with Crippen molar-refractivity contribution in [3.63, 3.8) is 0 Å². The van der Waals surface area contributed by atoms with Crippen molar-refractivity contribution in [3.8, 4) is 11.1 Å². The van der Waals surface area contributed by atoms with E-state index in [0.29, 0.717) is 25.3 Å². The topological polar surface area (TPSA) is 65.2 Å². The first-order valence-electron chi connectivity index (χ1n) is 10.9. The molecule has 162 valence electrons. The van der Waals surface area contributed by atoms with E-state index in [-0.39, 0.29) is 5.97 Å². The fourth-order valence-corrected chi connectivity index (χ4v) is 3.82. The molecule has 0 fully saturated rings. The Labute approximate surface area is 185 Å². The van der Waals surface area contributed by atoms with Crippen molar-refractivity contribution in [1.82, 2.24) is 4.98 Å². The van der Waals surface area contributed by atoms with Crippen molar-refractivity contribution in [3.05, 3.63) is 70.9 Å². The third-order valence-electron chi connectivity index (χ3n) is 5.39. The van der Waals surface area contributed by atoms with E-state index in [2.05, 4.69) is 63.2 Å². The number of esters is 1. The molecule has 0 atom stereocenters. The normalized spacial score (nSPS) is 11.5. The molecule has 4 nitrogen and oxygen atoms in total. The van der Waals surface area contributed by atoms with Crippen LogP contribution in [0, 0.1) is 12.8 Å². The minimum Gasteiger partial charge on any atom is -0.469 e. The lowest BCUT2D eigenvalue weighted by atomic mass is 9.90. The largest absolute Gasteiger partial charge is 0.469 e. The molecule has 0 aliphatic carbocycles. The monoisotopic (exact) mass is 416 g/mol. The van der Waals surface area contributed by atoms with Gasteiger partial charge in [-0.1, -0.05) is 61.9 Å². The predicted molar refractivity (Wildman–Crippen MR) is 129 cm³/mol. The summed E-state index contributed by atoms with van der Waals surface area (Å²) >= 11 is 0. The van der Waals surface area contributed by atoms with E-state index in [4.69, 9.17) is 15.5 Å². The van der Waals surface area contributed by atoms with E-state index in [1.165, 1.54) is 18.2 Å². The Hall–Kier alpha value is -2.98. The van der Waals surface area contributed by atoms with Crippen molar-refractivity contribution < 1.29 is 9.53 Å². The molecule has 0 amide bonds. The highest BCUT2D eigenvalue weighted by atomic mass is 16.5. The van der Waals surface area contributed by atoms with E-state index in [1.807, 2.05) is 12.2 Å². The number of pyridine rings is 1. The fourth-order valence-electron chi connectivity index (χ4n) is 3.82. The fraction of sp³-hybridized carbons (Fsp3) is 0.333. The van der Waals surface area contributed by atoms with Crippen LogP contribution in [0.15, 0.2) is 48.5 Å². The summed E-state index contributed by atoms with van der Waals surface area (Å²) in [6.45, 7) is 6.97. The number of ether oxygens (including phenoxy) is 1. The van der Waals surface area contributed by atoms with Crippen LogP contribution in [-0.4, -0.2) is 18.1 Å². The van der Waals surface area contributed by atoms with E-state index < -0.39 is 0 Å². The van der Waals surface area contributed by atoms with Crippen molar-refractivity contribution in [2.45, 2.75) is 46.6 Å². The highest BCUT2D eigenvalue weighted by Crippen LogP contribution is 2.35. The highest BCUT2D eigenvalue weighted by Gasteiger charge is 2.17. The van der Waals surface area contributed by atoms with E-state index in [9.17, 15) is 4.79 Å². The number of carbonyl (C=O) groups excluding carboxylic acids is 1. The summed E-state index contributed by atoms with van der Waals surface area (Å²) in [6, 6.07) is 14.9. The second kappa shape index (κ2) is 10.4. The number of nitrogens with zero attached hydrogens (tertiary/aromatic N) is 1. The number of carbonyl (C=O) groups is 1. The first-order chi connectivity index (χ1) is 14.9. The van der Waals surface area contributed by atoms with Gasteiger partial charge < -0.3 is 10.5 Å². The zero-order chi connectivity index (χ0) is 22.4. The van der Waals surface area contributed by atoms with Gasteiger partial charge in [-0.3, -0.25) is 9.78 Å². The molecule has 2 N–H and O–H groups in total. The first kappa shape index (κ1) is 22.7. The Morgan fingerprint density at radius 1 is 1.16 bits per heavy atom. The third-order valence-corrected chi connectivity index (χ3v) is 5.39. The molecule has 1 heterocycles. The van der Waals surface area contributed by atoms with Crippen LogP contribution in [0.5, 0.6) is 0 Å². The first-order valence-corrected chi connectivity index (χ1v) is 10.9. The number of aryl methyl sites for hydroxylation is 1. The Kier molecular flexibility index (Phi) is 7.59. The van der Waals surface area contributed by atoms with Crippen LogP contribution in [0.3, 0.4) is 0 Å². The summed E-state index contributed by atoms with van der Waals surface area (Å²) in [4.78, 5) is 16.3. The molecular weight excluding hydrogens is 384 g/mol. The Balaban J connectivity index is 2.12. The van der Waals surface area contributed by atoms with Crippen LogP contribution >= 0.6 is 0 Å². The van der Waals surface area contributed by atoms with Crippen LogP contribution in [0.25, 0.3) is 28.1 Å². The van der Waals surface area contributed by atoms with Gasteiger partial charge in [0, 0.05) is 24.0 Å². The molecule has 2 aromatic carbocycles. The minimum atomic E-state index is -0.195. The summed E-state index contributed by atoms with van der Waals surface area (Å²) in [7, 11) is 1.41. The lowest BCUT2D eigenvalue weighted by Crippen LogP contribution is -2.10. The summed E-state index contributed by atoms with van der Waals surface area (Å²) < 4.78 is 4.70. The van der Waals surface area contributed by atoms with Crippen molar-refractivity contribution >= 4 is 22.9 Å². The van der Waals surface area contributed by atoms with Crippen LogP contribution in [0.1, 0.15) is 49.1 Å². The van der Waals surface area contributed by atoms with E-state index in [1.54, 1.807) is 0 Å². The van der Waals surface area contributed by atoms with Crippen molar-refractivity contribution in [2.24, 2.45) is 11.7 Å². The zero-order valence-corrected chi connectivity index (χ0v) is 18.9. The Morgan fingerprint density at radius 3 is 2.55 bits per heavy atom. The zero-order valence-electron chi connectivity index (χ0n) is 18.9. The summed E-state index contributed by atoms with van der Waals surface area (Å²) in [5.74, 6) is 0.303. The minimum absolute atomic E-state index is 0.195. The standard InChI is InChI=1S/C27H32N2O2/c1-18(2)15-25-23(17-28)27(21-12-9-19(3)10-13-21)22-16-20(11-14-24(22)29-25)7-5-6-8-26(30)31-4/h5,7,9-14,16,18H,6,8,15,17,28H2,1-4H3/b7-5+. The maximum absolute atomic E-state index is 11.3. The SMILES string of the molecule is COC(=O)CC/C=C/c1ccc2nc(CC(C)C)c(CN)c(-c3ccc(C)cc3)c2c1. The quantitative estimate of drug-likeness (QED) is 0.469. The molecule has 0 saturated heterocycles. The van der Waals surface area contributed by atoms with Gasteiger partial charge in [0.15, 0.2) is 0 Å². The number of nitrogens with two attached hydrogens (primary N) is 1. The number of fused-ring (bicyclic) bond motifs is 1. The van der Waals surface area contributed by atoms with Crippen molar-refractivity contribution in [1.29, 1.82) is 0 Å².